The number of ether oxygens (including phenoxy) is 2. The molecule has 5 nitrogen and oxygen atoms in total. The molecule has 2 aromatic rings. The Morgan fingerprint density at radius 1 is 1.26 bits per heavy atom. The van der Waals surface area contributed by atoms with Gasteiger partial charge in [-0.25, -0.2) is 4.98 Å². The quantitative estimate of drug-likeness (QED) is 0.846. The average Bonchev–Trinajstić information content (AvgIpc) is 2.73. The van der Waals surface area contributed by atoms with Crippen molar-refractivity contribution < 1.29 is 9.47 Å². The van der Waals surface area contributed by atoms with Crippen LogP contribution >= 0.6 is 0 Å². The monoisotopic (exact) mass is 257 g/mol. The van der Waals surface area contributed by atoms with E-state index < -0.39 is 0 Å². The van der Waals surface area contributed by atoms with Gasteiger partial charge in [-0.2, -0.15) is 5.26 Å². The van der Waals surface area contributed by atoms with Crippen LogP contribution in [-0.4, -0.2) is 23.8 Å². The van der Waals surface area contributed by atoms with Crippen molar-refractivity contribution in [1.29, 1.82) is 5.26 Å². The predicted octanol–water partition coefficient (Wildman–Crippen LogP) is 2.28. The summed E-state index contributed by atoms with van der Waals surface area (Å²) < 4.78 is 12.4. The van der Waals surface area contributed by atoms with Crippen LogP contribution in [0.3, 0.4) is 0 Å². The lowest BCUT2D eigenvalue weighted by molar-refractivity contribution is 0.395. The molecular weight excluding hydrogens is 242 g/mol. The second-order valence-electron chi connectivity index (χ2n) is 4.09. The zero-order valence-corrected chi connectivity index (χ0v) is 11.4. The van der Waals surface area contributed by atoms with Gasteiger partial charge in [-0.15, -0.1) is 0 Å². The lowest BCUT2D eigenvalue weighted by atomic mass is 10.1. The van der Waals surface area contributed by atoms with Gasteiger partial charge in [0, 0.05) is 18.7 Å². The SMILES string of the molecule is COc1ccc(-c2c(C#N)nc(C)n2C)c(OC)c1. The number of nitriles is 1. The maximum absolute atomic E-state index is 9.19. The average molecular weight is 257 g/mol. The van der Waals surface area contributed by atoms with Crippen molar-refractivity contribution >= 4 is 0 Å². The number of hydrogen-bond acceptors (Lipinski definition) is 4. The van der Waals surface area contributed by atoms with Gasteiger partial charge in [0.05, 0.1) is 19.9 Å². The Morgan fingerprint density at radius 2 is 2.00 bits per heavy atom. The van der Waals surface area contributed by atoms with Crippen LogP contribution in [0.2, 0.25) is 0 Å². The highest BCUT2D eigenvalue weighted by atomic mass is 16.5. The molecule has 0 bridgehead atoms. The van der Waals surface area contributed by atoms with Gasteiger partial charge >= 0.3 is 0 Å². The number of aryl methyl sites for hydroxylation is 1. The van der Waals surface area contributed by atoms with E-state index in [0.29, 0.717) is 17.2 Å². The summed E-state index contributed by atoms with van der Waals surface area (Å²) in [7, 11) is 5.07. The minimum Gasteiger partial charge on any atom is -0.497 e. The summed E-state index contributed by atoms with van der Waals surface area (Å²) in [6.45, 7) is 1.86. The molecule has 0 radical (unpaired) electrons. The number of rotatable bonds is 3. The van der Waals surface area contributed by atoms with Gasteiger partial charge in [-0.1, -0.05) is 0 Å². The Bertz CT molecular complexity index is 653. The lowest BCUT2D eigenvalue weighted by Gasteiger charge is -2.11. The molecule has 0 aliphatic carbocycles. The Kier molecular flexibility index (Phi) is 3.43. The molecule has 0 N–H and O–H groups in total. The van der Waals surface area contributed by atoms with Gasteiger partial charge in [-0.3, -0.25) is 0 Å². The molecule has 5 heteroatoms. The van der Waals surface area contributed by atoms with E-state index in [1.807, 2.05) is 30.7 Å². The van der Waals surface area contributed by atoms with Crippen molar-refractivity contribution in [1.82, 2.24) is 9.55 Å². The van der Waals surface area contributed by atoms with Crippen molar-refractivity contribution in [2.24, 2.45) is 7.05 Å². The van der Waals surface area contributed by atoms with E-state index >= 15 is 0 Å². The van der Waals surface area contributed by atoms with Gasteiger partial charge < -0.3 is 14.0 Å². The maximum atomic E-state index is 9.19. The molecule has 0 saturated carbocycles. The third-order valence-corrected chi connectivity index (χ3v) is 3.09. The van der Waals surface area contributed by atoms with Gasteiger partial charge in [0.2, 0.25) is 0 Å². The van der Waals surface area contributed by atoms with Gasteiger partial charge in [-0.05, 0) is 19.1 Å². The molecule has 1 heterocycles. The smallest absolute Gasteiger partial charge is 0.166 e. The molecule has 0 amide bonds. The summed E-state index contributed by atoms with van der Waals surface area (Å²) in [4.78, 5) is 4.24. The molecule has 0 spiro atoms. The molecule has 0 atom stereocenters. The summed E-state index contributed by atoms with van der Waals surface area (Å²) in [6.07, 6.45) is 0. The highest BCUT2D eigenvalue weighted by molar-refractivity contribution is 5.73. The van der Waals surface area contributed by atoms with Crippen LogP contribution < -0.4 is 9.47 Å². The van der Waals surface area contributed by atoms with Gasteiger partial charge in [0.15, 0.2) is 5.69 Å². The first-order valence-corrected chi connectivity index (χ1v) is 5.78. The number of benzene rings is 1. The van der Waals surface area contributed by atoms with E-state index in [1.165, 1.54) is 0 Å². The molecule has 98 valence electrons. The number of hydrogen-bond donors (Lipinski definition) is 0. The molecule has 1 aromatic heterocycles. The number of nitrogens with zero attached hydrogens (tertiary/aromatic N) is 3. The topological polar surface area (TPSA) is 60.1 Å². The summed E-state index contributed by atoms with van der Waals surface area (Å²) in [5.74, 6) is 2.14. The Hall–Kier alpha value is -2.48. The zero-order chi connectivity index (χ0) is 14.0. The first-order valence-electron chi connectivity index (χ1n) is 5.78. The first kappa shape index (κ1) is 13.0. The molecule has 0 saturated heterocycles. The minimum atomic E-state index is 0.392. The predicted molar refractivity (Wildman–Crippen MR) is 71.2 cm³/mol. The summed E-state index contributed by atoms with van der Waals surface area (Å²) in [5, 5.41) is 9.19. The standard InChI is InChI=1S/C14H15N3O2/c1-9-16-12(8-15)14(17(9)2)11-6-5-10(18-3)7-13(11)19-4/h5-7H,1-4H3. The molecule has 0 aliphatic rings. The second kappa shape index (κ2) is 5.02. The first-order chi connectivity index (χ1) is 9.12. The van der Waals surface area contributed by atoms with Gasteiger partial charge in [0.25, 0.3) is 0 Å². The Labute approximate surface area is 112 Å². The maximum Gasteiger partial charge on any atom is 0.166 e. The van der Waals surface area contributed by atoms with Crippen LogP contribution in [0, 0.1) is 18.3 Å². The van der Waals surface area contributed by atoms with Gasteiger partial charge in [0.1, 0.15) is 23.4 Å². The summed E-state index contributed by atoms with van der Waals surface area (Å²) >= 11 is 0. The van der Waals surface area contributed by atoms with Crippen molar-refractivity contribution in [2.75, 3.05) is 14.2 Å². The fraction of sp³-hybridized carbons (Fsp3) is 0.286. The fourth-order valence-corrected chi connectivity index (χ4v) is 1.99. The van der Waals surface area contributed by atoms with Crippen molar-refractivity contribution in [3.63, 3.8) is 0 Å². The molecule has 1 aromatic carbocycles. The normalized spacial score (nSPS) is 10.1. The van der Waals surface area contributed by atoms with E-state index in [0.717, 1.165) is 17.1 Å². The van der Waals surface area contributed by atoms with Crippen molar-refractivity contribution in [2.45, 2.75) is 6.92 Å². The number of aromatic nitrogens is 2. The molecule has 0 fully saturated rings. The van der Waals surface area contributed by atoms with Crippen LogP contribution in [-0.2, 0) is 7.05 Å². The fourth-order valence-electron chi connectivity index (χ4n) is 1.99. The van der Waals surface area contributed by atoms with Crippen LogP contribution in [0.4, 0.5) is 0 Å². The minimum absolute atomic E-state index is 0.392. The molecule has 19 heavy (non-hydrogen) atoms. The number of imidazole rings is 1. The van der Waals surface area contributed by atoms with E-state index in [2.05, 4.69) is 11.1 Å². The van der Waals surface area contributed by atoms with Crippen molar-refractivity contribution in [3.05, 3.63) is 29.7 Å². The molecular formula is C14H15N3O2. The number of methoxy groups -OCH3 is 2. The lowest BCUT2D eigenvalue weighted by Crippen LogP contribution is -1.98. The summed E-state index contributed by atoms with van der Waals surface area (Å²) in [5.41, 5.74) is 1.96. The van der Waals surface area contributed by atoms with E-state index in [9.17, 15) is 5.26 Å². The third kappa shape index (κ3) is 2.13. The Morgan fingerprint density at radius 3 is 2.58 bits per heavy atom. The third-order valence-electron chi connectivity index (χ3n) is 3.09. The van der Waals surface area contributed by atoms with Crippen LogP contribution in [0.25, 0.3) is 11.3 Å². The molecule has 0 unspecified atom stereocenters. The largest absolute Gasteiger partial charge is 0.497 e. The second-order valence-corrected chi connectivity index (χ2v) is 4.09. The Balaban J connectivity index is 2.69. The van der Waals surface area contributed by atoms with Crippen molar-refractivity contribution in [3.8, 4) is 28.8 Å². The highest BCUT2D eigenvalue weighted by Crippen LogP contribution is 2.35. The van der Waals surface area contributed by atoms with Crippen LogP contribution in [0.1, 0.15) is 11.5 Å². The van der Waals surface area contributed by atoms with E-state index in [1.54, 1.807) is 20.3 Å². The van der Waals surface area contributed by atoms with Crippen LogP contribution in [0.15, 0.2) is 18.2 Å². The van der Waals surface area contributed by atoms with E-state index in [4.69, 9.17) is 9.47 Å². The van der Waals surface area contributed by atoms with E-state index in [-0.39, 0.29) is 0 Å². The molecule has 0 aliphatic heterocycles. The zero-order valence-electron chi connectivity index (χ0n) is 11.4. The highest BCUT2D eigenvalue weighted by Gasteiger charge is 2.18. The summed E-state index contributed by atoms with van der Waals surface area (Å²) in [6, 6.07) is 7.61. The van der Waals surface area contributed by atoms with Crippen LogP contribution in [0.5, 0.6) is 11.5 Å². The molecule has 2 rings (SSSR count).